The molecule has 1 amide bonds. The zero-order valence-electron chi connectivity index (χ0n) is 18.2. The molecule has 0 N–H and O–H groups in total. The summed E-state index contributed by atoms with van der Waals surface area (Å²) in [7, 11) is 0. The second-order valence-electron chi connectivity index (χ2n) is 8.42. The maximum Gasteiger partial charge on any atom is 0.246 e. The van der Waals surface area contributed by atoms with Gasteiger partial charge in [0, 0.05) is 36.4 Å². The van der Waals surface area contributed by atoms with Crippen LogP contribution in [0, 0.1) is 6.92 Å². The molecule has 0 radical (unpaired) electrons. The minimum atomic E-state index is -0.0141. The molecule has 0 unspecified atom stereocenters. The van der Waals surface area contributed by atoms with Crippen LogP contribution in [0.1, 0.15) is 24.4 Å². The van der Waals surface area contributed by atoms with Gasteiger partial charge in [-0.25, -0.2) is 0 Å². The summed E-state index contributed by atoms with van der Waals surface area (Å²) < 4.78 is 2.09. The highest BCUT2D eigenvalue weighted by Gasteiger charge is 2.26. The van der Waals surface area contributed by atoms with Crippen LogP contribution < -0.4 is 0 Å². The molecule has 2 aromatic carbocycles. The number of likely N-dealkylation sites (tertiary alicyclic amines) is 1. The van der Waals surface area contributed by atoms with E-state index in [0.717, 1.165) is 41.5 Å². The number of hydrogen-bond donors (Lipinski definition) is 0. The lowest BCUT2D eigenvalue weighted by molar-refractivity contribution is -0.127. The molecule has 1 aliphatic rings. The number of benzene rings is 2. The van der Waals surface area contributed by atoms with Crippen LogP contribution in [-0.2, 0) is 4.79 Å². The lowest BCUT2D eigenvalue weighted by atomic mass is 10.0. The first-order valence-corrected chi connectivity index (χ1v) is 11.0. The summed E-state index contributed by atoms with van der Waals surface area (Å²) in [6.07, 6.45) is 7.04. The number of carbonyl (C=O) groups is 1. The topological polar surface area (TPSA) is 51.0 Å². The van der Waals surface area contributed by atoms with Crippen LogP contribution in [0.5, 0.6) is 0 Å². The van der Waals surface area contributed by atoms with Crippen molar-refractivity contribution in [2.24, 2.45) is 0 Å². The second kappa shape index (κ2) is 8.42. The quantitative estimate of drug-likeness (QED) is 0.413. The van der Waals surface area contributed by atoms with Crippen molar-refractivity contribution in [3.63, 3.8) is 0 Å². The SMILES string of the molecule is C=CC(=O)N1CCC[C@@H](n2nc(-c3ccc(-c4cccc(C)c4)cc3)c3cnccc32)C1. The fourth-order valence-corrected chi connectivity index (χ4v) is 4.61. The van der Waals surface area contributed by atoms with Crippen molar-refractivity contribution in [2.75, 3.05) is 13.1 Å². The normalized spacial score (nSPS) is 16.3. The fraction of sp³-hybridized carbons (Fsp3) is 0.222. The van der Waals surface area contributed by atoms with Gasteiger partial charge in [0.1, 0.15) is 5.69 Å². The van der Waals surface area contributed by atoms with E-state index in [2.05, 4.69) is 71.7 Å². The molecule has 0 spiro atoms. The van der Waals surface area contributed by atoms with Crippen LogP contribution in [-0.4, -0.2) is 38.7 Å². The monoisotopic (exact) mass is 422 g/mol. The zero-order chi connectivity index (χ0) is 22.1. The number of pyridine rings is 1. The zero-order valence-corrected chi connectivity index (χ0v) is 18.2. The maximum atomic E-state index is 12.2. The Hall–Kier alpha value is -3.73. The molecule has 5 heteroatoms. The Bertz CT molecular complexity index is 1290. The Morgan fingerprint density at radius 2 is 1.91 bits per heavy atom. The first kappa shape index (κ1) is 20.2. The number of piperidine rings is 1. The van der Waals surface area contributed by atoms with Gasteiger partial charge in [-0.1, -0.05) is 60.7 Å². The minimum Gasteiger partial charge on any atom is -0.337 e. The molecule has 160 valence electrons. The van der Waals surface area contributed by atoms with Crippen molar-refractivity contribution >= 4 is 16.8 Å². The van der Waals surface area contributed by atoms with E-state index in [9.17, 15) is 4.79 Å². The Balaban J connectivity index is 1.52. The molecule has 5 nitrogen and oxygen atoms in total. The molecule has 32 heavy (non-hydrogen) atoms. The Kier molecular flexibility index (Phi) is 5.31. The molecule has 1 aliphatic heterocycles. The van der Waals surface area contributed by atoms with Crippen molar-refractivity contribution in [3.8, 4) is 22.4 Å². The summed E-state index contributed by atoms with van der Waals surface area (Å²) in [6.45, 7) is 7.17. The average Bonchev–Trinajstić information content (AvgIpc) is 3.23. The molecule has 0 aliphatic carbocycles. The lowest BCUT2D eigenvalue weighted by Gasteiger charge is -2.32. The molecular weight excluding hydrogens is 396 g/mol. The van der Waals surface area contributed by atoms with Crippen LogP contribution >= 0.6 is 0 Å². The number of aromatic nitrogens is 3. The molecule has 1 saturated heterocycles. The van der Waals surface area contributed by atoms with E-state index >= 15 is 0 Å². The highest BCUT2D eigenvalue weighted by molar-refractivity contribution is 5.93. The van der Waals surface area contributed by atoms with E-state index in [1.165, 1.54) is 22.8 Å². The third-order valence-electron chi connectivity index (χ3n) is 6.25. The van der Waals surface area contributed by atoms with Gasteiger partial charge in [-0.15, -0.1) is 0 Å². The van der Waals surface area contributed by atoms with Gasteiger partial charge in [-0.3, -0.25) is 14.5 Å². The number of amides is 1. The van der Waals surface area contributed by atoms with Crippen molar-refractivity contribution in [1.29, 1.82) is 0 Å². The van der Waals surface area contributed by atoms with Gasteiger partial charge in [0.25, 0.3) is 0 Å². The number of rotatable bonds is 4. The molecule has 1 atom stereocenters. The number of aryl methyl sites for hydroxylation is 1. The summed E-state index contributed by atoms with van der Waals surface area (Å²) in [5.41, 5.74) is 6.69. The summed E-state index contributed by atoms with van der Waals surface area (Å²) in [4.78, 5) is 18.4. The first-order valence-electron chi connectivity index (χ1n) is 11.0. The smallest absolute Gasteiger partial charge is 0.246 e. The van der Waals surface area contributed by atoms with E-state index in [0.29, 0.717) is 6.54 Å². The minimum absolute atomic E-state index is 0.0141. The number of hydrogen-bond acceptors (Lipinski definition) is 3. The van der Waals surface area contributed by atoms with E-state index in [-0.39, 0.29) is 11.9 Å². The van der Waals surface area contributed by atoms with Gasteiger partial charge in [-0.05, 0) is 43.0 Å². The highest BCUT2D eigenvalue weighted by Crippen LogP contribution is 2.33. The summed E-state index contributed by atoms with van der Waals surface area (Å²) >= 11 is 0. The summed E-state index contributed by atoms with van der Waals surface area (Å²) in [5, 5.41) is 6.06. The Morgan fingerprint density at radius 1 is 1.09 bits per heavy atom. The van der Waals surface area contributed by atoms with Gasteiger partial charge >= 0.3 is 0 Å². The van der Waals surface area contributed by atoms with Crippen LogP contribution in [0.3, 0.4) is 0 Å². The van der Waals surface area contributed by atoms with Crippen molar-refractivity contribution in [3.05, 3.63) is 85.2 Å². The third-order valence-corrected chi connectivity index (χ3v) is 6.25. The molecule has 4 aromatic rings. The van der Waals surface area contributed by atoms with Crippen molar-refractivity contribution in [2.45, 2.75) is 25.8 Å². The average molecular weight is 423 g/mol. The second-order valence-corrected chi connectivity index (χ2v) is 8.42. The molecule has 1 fully saturated rings. The van der Waals surface area contributed by atoms with Gasteiger partial charge in [0.05, 0.1) is 11.6 Å². The Morgan fingerprint density at radius 3 is 2.69 bits per heavy atom. The van der Waals surface area contributed by atoms with Gasteiger partial charge < -0.3 is 4.90 Å². The number of nitrogens with zero attached hydrogens (tertiary/aromatic N) is 4. The standard InChI is InChI=1S/C27H26N4O/c1-3-26(32)30-15-5-8-23(18-30)31-25-13-14-28-17-24(25)27(29-31)21-11-9-20(10-12-21)22-7-4-6-19(2)16-22/h3-4,6-7,9-14,16-17,23H,1,5,8,15,18H2,2H3/t23-/m1/s1. The van der Waals surface area contributed by atoms with E-state index < -0.39 is 0 Å². The third kappa shape index (κ3) is 3.71. The van der Waals surface area contributed by atoms with E-state index in [1.54, 1.807) is 6.20 Å². The number of carbonyl (C=O) groups excluding carboxylic acids is 1. The van der Waals surface area contributed by atoms with Crippen LogP contribution in [0.25, 0.3) is 33.3 Å². The summed E-state index contributed by atoms with van der Waals surface area (Å²) in [5.74, 6) is -0.0141. The number of fused-ring (bicyclic) bond motifs is 1. The van der Waals surface area contributed by atoms with Crippen molar-refractivity contribution < 1.29 is 4.79 Å². The predicted molar refractivity (Wildman–Crippen MR) is 128 cm³/mol. The Labute approximate surface area is 188 Å². The van der Waals surface area contributed by atoms with Gasteiger partial charge in [-0.2, -0.15) is 5.10 Å². The molecule has 5 rings (SSSR count). The first-order chi connectivity index (χ1) is 15.6. The predicted octanol–water partition coefficient (Wildman–Crippen LogP) is 5.42. The summed E-state index contributed by atoms with van der Waals surface area (Å²) in [6, 6.07) is 19.2. The molecule has 0 bridgehead atoms. The lowest BCUT2D eigenvalue weighted by Crippen LogP contribution is -2.40. The largest absolute Gasteiger partial charge is 0.337 e. The van der Waals surface area contributed by atoms with Gasteiger partial charge in [0.15, 0.2) is 0 Å². The fourth-order valence-electron chi connectivity index (χ4n) is 4.61. The molecule has 0 saturated carbocycles. The van der Waals surface area contributed by atoms with Crippen LogP contribution in [0.4, 0.5) is 0 Å². The van der Waals surface area contributed by atoms with Crippen LogP contribution in [0.15, 0.2) is 79.6 Å². The highest BCUT2D eigenvalue weighted by atomic mass is 16.2. The van der Waals surface area contributed by atoms with E-state index in [1.807, 2.05) is 17.2 Å². The molecule has 2 aromatic heterocycles. The maximum absolute atomic E-state index is 12.2. The van der Waals surface area contributed by atoms with E-state index in [4.69, 9.17) is 5.10 Å². The molecular formula is C27H26N4O. The van der Waals surface area contributed by atoms with Crippen LogP contribution in [0.2, 0.25) is 0 Å². The molecule has 3 heterocycles. The van der Waals surface area contributed by atoms with Gasteiger partial charge in [0.2, 0.25) is 5.91 Å². The van der Waals surface area contributed by atoms with Crippen molar-refractivity contribution in [1.82, 2.24) is 19.7 Å².